The molecule has 0 aliphatic carbocycles. The normalized spacial score (nSPS) is 11.4. The van der Waals surface area contributed by atoms with Gasteiger partial charge in [-0.25, -0.2) is 9.18 Å². The average molecular weight is 309 g/mol. The lowest BCUT2D eigenvalue weighted by molar-refractivity contribution is -0.557. The zero-order valence-corrected chi connectivity index (χ0v) is 12.7. The second-order valence-corrected chi connectivity index (χ2v) is 5.59. The molecule has 0 unspecified atom stereocenters. The summed E-state index contributed by atoms with van der Waals surface area (Å²) in [6, 6.07) is 10.3. The summed E-state index contributed by atoms with van der Waals surface area (Å²) in [4.78, 5) is 17.0. The second kappa shape index (κ2) is 4.74. The maximum absolute atomic E-state index is 14.3. The fourth-order valence-electron chi connectivity index (χ4n) is 2.86. The molecule has 0 bridgehead atoms. The zero-order chi connectivity index (χ0) is 16.1. The van der Waals surface area contributed by atoms with Gasteiger partial charge in [-0.15, -0.1) is 4.52 Å². The molecule has 4 rings (SSSR count). The highest BCUT2D eigenvalue weighted by molar-refractivity contribution is 5.79. The molecule has 23 heavy (non-hydrogen) atoms. The Morgan fingerprint density at radius 3 is 2.74 bits per heavy atom. The van der Waals surface area contributed by atoms with Gasteiger partial charge in [-0.2, -0.15) is 0 Å². The lowest BCUT2D eigenvalue weighted by atomic mass is 10.1. The number of nitrogens with zero attached hydrogens (tertiary/aromatic N) is 3. The largest absolute Gasteiger partial charge is 0.406 e. The van der Waals surface area contributed by atoms with Crippen molar-refractivity contribution in [3.05, 3.63) is 70.0 Å². The van der Waals surface area contributed by atoms with E-state index in [1.807, 2.05) is 32.0 Å². The van der Waals surface area contributed by atoms with Crippen molar-refractivity contribution in [3.8, 4) is 5.69 Å². The Morgan fingerprint density at radius 1 is 1.17 bits per heavy atom. The molecule has 0 fully saturated rings. The first-order chi connectivity index (χ1) is 11.1. The van der Waals surface area contributed by atoms with Crippen LogP contribution in [-0.4, -0.2) is 14.9 Å². The van der Waals surface area contributed by atoms with Crippen molar-refractivity contribution in [3.63, 3.8) is 0 Å². The minimum Gasteiger partial charge on any atom is -0.257 e. The van der Waals surface area contributed by atoms with Crippen LogP contribution in [-0.2, 0) is 0 Å². The minimum atomic E-state index is -0.382. The number of hydrogen-bond acceptors (Lipinski definition) is 2. The number of aromatic nitrogens is 4. The molecule has 0 saturated carbocycles. The number of H-pyrrole nitrogens is 1. The van der Waals surface area contributed by atoms with Gasteiger partial charge in [0.15, 0.2) is 17.0 Å². The summed E-state index contributed by atoms with van der Waals surface area (Å²) in [5.74, 6) is -0.382. The maximum Gasteiger partial charge on any atom is 0.406 e. The van der Waals surface area contributed by atoms with Crippen LogP contribution in [0.3, 0.4) is 0 Å². The number of pyridine rings is 2. The fourth-order valence-corrected chi connectivity index (χ4v) is 2.86. The fraction of sp³-hybridized carbons (Fsp3) is 0.118. The van der Waals surface area contributed by atoms with E-state index in [4.69, 9.17) is 0 Å². The topological polar surface area (TPSA) is 54.8 Å². The van der Waals surface area contributed by atoms with E-state index >= 15 is 0 Å². The van der Waals surface area contributed by atoms with Gasteiger partial charge in [-0.05, 0) is 38.1 Å². The molecule has 1 N–H and O–H groups in total. The Hall–Kier alpha value is -3.02. The van der Waals surface area contributed by atoms with Crippen LogP contribution in [0.4, 0.5) is 4.39 Å². The number of benzene rings is 1. The number of aryl methyl sites for hydroxylation is 2. The van der Waals surface area contributed by atoms with E-state index in [1.165, 1.54) is 15.3 Å². The first-order valence-corrected chi connectivity index (χ1v) is 7.24. The highest BCUT2D eigenvalue weighted by atomic mass is 19.1. The molecular weight excluding hydrogens is 295 g/mol. The summed E-state index contributed by atoms with van der Waals surface area (Å²) in [6.45, 7) is 3.71. The average Bonchev–Trinajstić information content (AvgIpc) is 2.86. The van der Waals surface area contributed by atoms with Gasteiger partial charge in [0, 0.05) is 16.6 Å². The van der Waals surface area contributed by atoms with Crippen LogP contribution in [0.2, 0.25) is 0 Å². The van der Waals surface area contributed by atoms with Crippen molar-refractivity contribution in [1.29, 1.82) is 0 Å². The third-order valence-electron chi connectivity index (χ3n) is 3.97. The predicted molar refractivity (Wildman–Crippen MR) is 84.3 cm³/mol. The van der Waals surface area contributed by atoms with Crippen LogP contribution in [0.5, 0.6) is 0 Å². The maximum atomic E-state index is 14.3. The van der Waals surface area contributed by atoms with E-state index in [2.05, 4.69) is 10.2 Å². The van der Waals surface area contributed by atoms with E-state index < -0.39 is 0 Å². The number of para-hydroxylation sites is 1. The molecule has 0 radical (unpaired) electrons. The van der Waals surface area contributed by atoms with Crippen molar-refractivity contribution >= 4 is 16.4 Å². The second-order valence-electron chi connectivity index (χ2n) is 5.59. The van der Waals surface area contributed by atoms with Crippen molar-refractivity contribution < 1.29 is 8.91 Å². The summed E-state index contributed by atoms with van der Waals surface area (Å²) >= 11 is 0. The molecule has 0 saturated heterocycles. The summed E-state index contributed by atoms with van der Waals surface area (Å²) < 4.78 is 17.2. The first kappa shape index (κ1) is 13.6. The minimum absolute atomic E-state index is 0.238. The summed E-state index contributed by atoms with van der Waals surface area (Å²) in [5, 5.41) is 3.70. The summed E-state index contributed by atoms with van der Waals surface area (Å²) in [7, 11) is 0. The van der Waals surface area contributed by atoms with Crippen LogP contribution in [0.25, 0.3) is 22.1 Å². The van der Waals surface area contributed by atoms with Gasteiger partial charge in [0.05, 0.1) is 6.20 Å². The molecule has 1 aromatic carbocycles. The number of hydrogen-bond donors (Lipinski definition) is 1. The standard InChI is InChI=1S/C17H13FN4O/c1-10-8-12-4-3-5-14(18)16(12)22-15(10)17(23)21(20-22)13-7-6-11(2)19-9-13/h3-9H,1-2H3/p+1. The third-order valence-corrected chi connectivity index (χ3v) is 3.97. The predicted octanol–water partition coefficient (Wildman–Crippen LogP) is 2.21. The quantitative estimate of drug-likeness (QED) is 0.548. The molecule has 0 aliphatic rings. The number of halogens is 1. The Kier molecular flexibility index (Phi) is 2.81. The van der Waals surface area contributed by atoms with Gasteiger partial charge in [0.25, 0.3) is 0 Å². The number of rotatable bonds is 1. The molecule has 5 nitrogen and oxygen atoms in total. The third kappa shape index (κ3) is 1.95. The highest BCUT2D eigenvalue weighted by Crippen LogP contribution is 2.17. The van der Waals surface area contributed by atoms with Crippen molar-refractivity contribution in [2.75, 3.05) is 0 Å². The molecule has 6 heteroatoms. The number of nitrogens with one attached hydrogen (secondary N) is 1. The van der Waals surface area contributed by atoms with Gasteiger partial charge >= 0.3 is 5.56 Å². The van der Waals surface area contributed by atoms with Gasteiger partial charge in [-0.3, -0.25) is 4.98 Å². The summed E-state index contributed by atoms with van der Waals surface area (Å²) in [5.41, 5.74) is 2.78. The van der Waals surface area contributed by atoms with E-state index in [0.29, 0.717) is 16.7 Å². The molecule has 0 spiro atoms. The van der Waals surface area contributed by atoms with Gasteiger partial charge in [0.1, 0.15) is 0 Å². The molecule has 0 aliphatic heterocycles. The number of aromatic amines is 1. The van der Waals surface area contributed by atoms with E-state index in [1.54, 1.807) is 18.3 Å². The lowest BCUT2D eigenvalue weighted by Crippen LogP contribution is -2.28. The van der Waals surface area contributed by atoms with Crippen molar-refractivity contribution in [2.45, 2.75) is 13.8 Å². The number of fused-ring (bicyclic) bond motifs is 3. The van der Waals surface area contributed by atoms with Crippen LogP contribution in [0.1, 0.15) is 11.3 Å². The van der Waals surface area contributed by atoms with Crippen LogP contribution < -0.4 is 10.1 Å². The van der Waals surface area contributed by atoms with E-state index in [-0.39, 0.29) is 11.4 Å². The smallest absolute Gasteiger partial charge is 0.257 e. The van der Waals surface area contributed by atoms with Gasteiger partial charge in [-0.1, -0.05) is 22.0 Å². The SMILES string of the molecule is Cc1ccc(-n2[nH][n+]3c(c(C)cc4cccc(F)c43)c2=O)cn1. The van der Waals surface area contributed by atoms with Crippen LogP contribution in [0, 0.1) is 19.7 Å². The summed E-state index contributed by atoms with van der Waals surface area (Å²) in [6.07, 6.45) is 1.61. The van der Waals surface area contributed by atoms with Gasteiger partial charge < -0.3 is 0 Å². The van der Waals surface area contributed by atoms with E-state index in [9.17, 15) is 9.18 Å². The van der Waals surface area contributed by atoms with Crippen LogP contribution >= 0.6 is 0 Å². The first-order valence-electron chi connectivity index (χ1n) is 7.24. The van der Waals surface area contributed by atoms with Gasteiger partial charge in [0.2, 0.25) is 5.52 Å². The monoisotopic (exact) mass is 309 g/mol. The Balaban J connectivity index is 2.15. The molecule has 0 atom stereocenters. The van der Waals surface area contributed by atoms with E-state index in [0.717, 1.165) is 16.6 Å². The molecule has 0 amide bonds. The van der Waals surface area contributed by atoms with Crippen molar-refractivity contribution in [2.24, 2.45) is 0 Å². The highest BCUT2D eigenvalue weighted by Gasteiger charge is 2.23. The Labute approximate surface area is 130 Å². The lowest BCUT2D eigenvalue weighted by Gasteiger charge is -1.99. The molecule has 3 aromatic heterocycles. The van der Waals surface area contributed by atoms with Crippen molar-refractivity contribution in [1.82, 2.24) is 14.9 Å². The Bertz CT molecular complexity index is 1110. The molecule has 3 heterocycles. The molecule has 114 valence electrons. The molecule has 4 aromatic rings. The molecular formula is C17H14FN4O+. The Morgan fingerprint density at radius 2 is 2.00 bits per heavy atom. The zero-order valence-electron chi connectivity index (χ0n) is 12.7. The van der Waals surface area contributed by atoms with Crippen LogP contribution in [0.15, 0.2) is 47.4 Å².